The first kappa shape index (κ1) is 19.2. The molecule has 2 unspecified atom stereocenters. The first-order valence-corrected chi connectivity index (χ1v) is 9.14. The van der Waals surface area contributed by atoms with Gasteiger partial charge < -0.3 is 10.1 Å². The Morgan fingerprint density at radius 2 is 1.97 bits per heavy atom. The number of hydrogen-bond acceptors (Lipinski definition) is 8. The van der Waals surface area contributed by atoms with E-state index in [1.807, 2.05) is 0 Å². The summed E-state index contributed by atoms with van der Waals surface area (Å²) in [6, 6.07) is 6.52. The fourth-order valence-corrected chi connectivity index (χ4v) is 3.33. The van der Waals surface area contributed by atoms with Crippen LogP contribution in [0.3, 0.4) is 0 Å². The smallest absolute Gasteiger partial charge is 0.377 e. The summed E-state index contributed by atoms with van der Waals surface area (Å²) in [5.41, 5.74) is -0.387. The number of rotatable bonds is 4. The Hall–Kier alpha value is -3.81. The molecule has 0 bridgehead atoms. The third-order valence-corrected chi connectivity index (χ3v) is 4.76. The Kier molecular flexibility index (Phi) is 4.43. The molecule has 14 heteroatoms. The van der Waals surface area contributed by atoms with Gasteiger partial charge in [-0.05, 0) is 24.3 Å². The van der Waals surface area contributed by atoms with Gasteiger partial charge in [0.25, 0.3) is 11.4 Å². The summed E-state index contributed by atoms with van der Waals surface area (Å²) >= 11 is 0. The molecule has 1 N–H and O–H groups in total. The van der Waals surface area contributed by atoms with Gasteiger partial charge in [-0.25, -0.2) is 9.36 Å². The second kappa shape index (κ2) is 7.16. The van der Waals surface area contributed by atoms with Crippen LogP contribution in [0.1, 0.15) is 11.9 Å². The summed E-state index contributed by atoms with van der Waals surface area (Å²) in [5.74, 6) is -0.640. The number of ether oxygens (including phenoxy) is 1. The van der Waals surface area contributed by atoms with Crippen molar-refractivity contribution in [1.82, 2.24) is 39.4 Å². The van der Waals surface area contributed by atoms with E-state index in [1.54, 1.807) is 24.5 Å². The highest BCUT2D eigenvalue weighted by Crippen LogP contribution is 2.28. The van der Waals surface area contributed by atoms with Crippen LogP contribution in [-0.2, 0) is 10.9 Å². The van der Waals surface area contributed by atoms with Crippen LogP contribution in [0.25, 0.3) is 11.5 Å². The van der Waals surface area contributed by atoms with Gasteiger partial charge >= 0.3 is 6.18 Å². The summed E-state index contributed by atoms with van der Waals surface area (Å²) in [5, 5.41) is 22.1. The summed E-state index contributed by atoms with van der Waals surface area (Å²) in [6.07, 6.45) is -1.43. The zero-order valence-corrected chi connectivity index (χ0v) is 15.6. The van der Waals surface area contributed by atoms with Crippen molar-refractivity contribution in [3.05, 3.63) is 58.9 Å². The summed E-state index contributed by atoms with van der Waals surface area (Å²) in [6.45, 7) is 0.397. The van der Waals surface area contributed by atoms with E-state index in [0.29, 0.717) is 10.3 Å². The van der Waals surface area contributed by atoms with Gasteiger partial charge in [-0.15, -0.1) is 20.4 Å². The van der Waals surface area contributed by atoms with Crippen LogP contribution in [-0.4, -0.2) is 58.6 Å². The van der Waals surface area contributed by atoms with Crippen molar-refractivity contribution in [2.24, 2.45) is 0 Å². The fraction of sp³-hybridized carbons (Fsp3) is 0.294. The minimum atomic E-state index is -4.70. The van der Waals surface area contributed by atoms with Crippen LogP contribution in [0.15, 0.2) is 47.5 Å². The fourth-order valence-electron chi connectivity index (χ4n) is 3.33. The molecule has 5 heterocycles. The molecule has 5 rings (SSSR count). The number of fused-ring (bicyclic) bond motifs is 1. The second-order valence-electron chi connectivity index (χ2n) is 6.79. The minimum absolute atomic E-state index is 0.0399. The molecule has 0 aliphatic carbocycles. The van der Waals surface area contributed by atoms with Crippen LogP contribution in [0, 0.1) is 0 Å². The lowest BCUT2D eigenvalue weighted by atomic mass is 10.1. The lowest BCUT2D eigenvalue weighted by Crippen LogP contribution is -2.37. The van der Waals surface area contributed by atoms with E-state index in [9.17, 15) is 18.0 Å². The van der Waals surface area contributed by atoms with Gasteiger partial charge in [0.15, 0.2) is 11.5 Å². The lowest BCUT2D eigenvalue weighted by molar-refractivity contribution is -0.146. The Morgan fingerprint density at radius 1 is 1.10 bits per heavy atom. The molecule has 2 atom stereocenters. The lowest BCUT2D eigenvalue weighted by Gasteiger charge is -2.21. The molecular weight excluding hydrogens is 419 g/mol. The third-order valence-electron chi connectivity index (χ3n) is 4.76. The molecule has 1 aliphatic rings. The van der Waals surface area contributed by atoms with Gasteiger partial charge in [0.2, 0.25) is 0 Å². The van der Waals surface area contributed by atoms with Crippen molar-refractivity contribution < 1.29 is 17.9 Å². The molecule has 4 aromatic heterocycles. The molecule has 1 fully saturated rings. The predicted molar refractivity (Wildman–Crippen MR) is 98.7 cm³/mol. The first-order chi connectivity index (χ1) is 14.9. The number of hydrogen-bond donors (Lipinski definition) is 1. The number of aromatic nitrogens is 8. The largest absolute Gasteiger partial charge is 0.453 e. The number of anilines is 1. The van der Waals surface area contributed by atoms with Gasteiger partial charge in [-0.1, -0.05) is 0 Å². The molecule has 0 saturated carbocycles. The highest BCUT2D eigenvalue weighted by molar-refractivity contribution is 5.45. The topological polar surface area (TPSA) is 117 Å². The van der Waals surface area contributed by atoms with E-state index in [2.05, 4.69) is 30.8 Å². The van der Waals surface area contributed by atoms with Crippen molar-refractivity contribution in [2.45, 2.75) is 18.3 Å². The highest BCUT2D eigenvalue weighted by Gasteiger charge is 2.38. The third kappa shape index (κ3) is 3.50. The summed E-state index contributed by atoms with van der Waals surface area (Å²) < 4.78 is 48.3. The molecule has 0 spiro atoms. The molecule has 1 aliphatic heterocycles. The maximum Gasteiger partial charge on any atom is 0.453 e. The molecule has 31 heavy (non-hydrogen) atoms. The van der Waals surface area contributed by atoms with Crippen LogP contribution in [0.4, 0.5) is 19.0 Å². The van der Waals surface area contributed by atoms with E-state index >= 15 is 0 Å². The van der Waals surface area contributed by atoms with E-state index in [-0.39, 0.29) is 30.2 Å². The number of halogens is 3. The van der Waals surface area contributed by atoms with Gasteiger partial charge in [-0.2, -0.15) is 22.8 Å². The quantitative estimate of drug-likeness (QED) is 0.505. The molecular formula is C17H14F3N9O2. The highest BCUT2D eigenvalue weighted by atomic mass is 19.4. The summed E-state index contributed by atoms with van der Waals surface area (Å²) in [4.78, 5) is 12.4. The van der Waals surface area contributed by atoms with Gasteiger partial charge in [0.1, 0.15) is 11.9 Å². The van der Waals surface area contributed by atoms with Crippen LogP contribution < -0.4 is 10.9 Å². The van der Waals surface area contributed by atoms with Gasteiger partial charge in [0.05, 0.1) is 19.3 Å². The average molecular weight is 433 g/mol. The van der Waals surface area contributed by atoms with Crippen molar-refractivity contribution in [2.75, 3.05) is 18.5 Å². The van der Waals surface area contributed by atoms with Crippen LogP contribution in [0.5, 0.6) is 0 Å². The molecule has 11 nitrogen and oxygen atoms in total. The van der Waals surface area contributed by atoms with Gasteiger partial charge in [0, 0.05) is 18.5 Å². The molecule has 0 radical (unpaired) electrons. The van der Waals surface area contributed by atoms with E-state index < -0.39 is 24.1 Å². The number of nitrogens with one attached hydrogen (secondary N) is 1. The van der Waals surface area contributed by atoms with Crippen molar-refractivity contribution in [3.8, 4) is 5.82 Å². The summed E-state index contributed by atoms with van der Waals surface area (Å²) in [7, 11) is 0. The average Bonchev–Trinajstić information content (AvgIpc) is 3.48. The van der Waals surface area contributed by atoms with Crippen molar-refractivity contribution in [1.29, 1.82) is 0 Å². The van der Waals surface area contributed by atoms with E-state index in [1.165, 1.54) is 27.6 Å². The Balaban J connectivity index is 1.45. The molecule has 1 saturated heterocycles. The normalized spacial score (nSPS) is 19.2. The Labute approximate surface area is 171 Å². The maximum atomic E-state index is 13.1. The number of nitrogens with zero attached hydrogens (tertiary/aromatic N) is 8. The maximum absolute atomic E-state index is 13.1. The minimum Gasteiger partial charge on any atom is -0.377 e. The van der Waals surface area contributed by atoms with E-state index in [4.69, 9.17) is 4.74 Å². The number of alkyl halides is 3. The zero-order chi connectivity index (χ0) is 21.6. The molecule has 0 aromatic carbocycles. The SMILES string of the molecule is O=c1ccc(-n2cccn2)nn1C1COCC1Nc1ccc2nnc(C(F)(F)F)n2n1. The zero-order valence-electron chi connectivity index (χ0n) is 15.6. The van der Waals surface area contributed by atoms with Gasteiger partial charge in [-0.3, -0.25) is 4.79 Å². The van der Waals surface area contributed by atoms with Crippen molar-refractivity contribution >= 4 is 11.5 Å². The predicted octanol–water partition coefficient (Wildman–Crippen LogP) is 0.937. The monoisotopic (exact) mass is 433 g/mol. The van der Waals surface area contributed by atoms with Crippen molar-refractivity contribution in [3.63, 3.8) is 0 Å². The standard InChI is InChI=1S/C17H14F3N9O2/c18-17(19,20)16-24-23-13-3-2-12(25-29(13)16)22-10-8-31-9-11(10)28-15(30)5-4-14(26-28)27-7-1-6-21-27/h1-7,10-11H,8-9H2,(H,22,25). The van der Waals surface area contributed by atoms with Crippen LogP contribution >= 0.6 is 0 Å². The Morgan fingerprint density at radius 3 is 2.74 bits per heavy atom. The van der Waals surface area contributed by atoms with Crippen LogP contribution in [0.2, 0.25) is 0 Å². The Bertz CT molecular complexity index is 1280. The molecule has 160 valence electrons. The molecule has 4 aromatic rings. The molecule has 0 amide bonds. The first-order valence-electron chi connectivity index (χ1n) is 9.14. The second-order valence-corrected chi connectivity index (χ2v) is 6.79. The van der Waals surface area contributed by atoms with E-state index in [0.717, 1.165) is 0 Å².